The van der Waals surface area contributed by atoms with Crippen LogP contribution < -0.4 is 4.74 Å². The number of hydrogen-bond donors (Lipinski definition) is 0. The predicted octanol–water partition coefficient (Wildman–Crippen LogP) is 3.85. The summed E-state index contributed by atoms with van der Waals surface area (Å²) in [6, 6.07) is 12.2. The molecule has 1 aliphatic heterocycles. The molecule has 1 fully saturated rings. The summed E-state index contributed by atoms with van der Waals surface area (Å²) in [4.78, 5) is 16.3. The van der Waals surface area contributed by atoms with Crippen LogP contribution in [0, 0.1) is 5.82 Å². The van der Waals surface area contributed by atoms with E-state index in [1.165, 1.54) is 6.07 Å². The Morgan fingerprint density at radius 3 is 2.48 bits per heavy atom. The largest absolute Gasteiger partial charge is 0.497 e. The average Bonchev–Trinajstić information content (AvgIpc) is 2.70. The number of benzene rings is 2. The van der Waals surface area contributed by atoms with Crippen molar-refractivity contribution in [3.63, 3.8) is 0 Å². The molecule has 0 spiro atoms. The lowest BCUT2D eigenvalue weighted by Crippen LogP contribution is -2.47. The molecule has 2 aromatic rings. The number of amides is 1. The van der Waals surface area contributed by atoms with Crippen LogP contribution in [-0.4, -0.2) is 49.0 Å². The van der Waals surface area contributed by atoms with E-state index in [-0.39, 0.29) is 11.7 Å². The van der Waals surface area contributed by atoms with E-state index in [2.05, 4.69) is 4.90 Å². The van der Waals surface area contributed by atoms with Crippen molar-refractivity contribution < 1.29 is 13.9 Å². The van der Waals surface area contributed by atoms with Gasteiger partial charge < -0.3 is 9.64 Å². The molecule has 0 unspecified atom stereocenters. The minimum atomic E-state index is -0.288. The first-order chi connectivity index (χ1) is 13.1. The quantitative estimate of drug-likeness (QED) is 0.729. The predicted molar refractivity (Wildman–Crippen MR) is 105 cm³/mol. The van der Waals surface area contributed by atoms with Gasteiger partial charge in [-0.3, -0.25) is 9.69 Å². The number of rotatable bonds is 5. The second-order valence-electron chi connectivity index (χ2n) is 6.41. The summed E-state index contributed by atoms with van der Waals surface area (Å²) in [6.45, 7) is 3.05. The minimum Gasteiger partial charge on any atom is -0.497 e. The lowest BCUT2D eigenvalue weighted by atomic mass is 10.1. The average molecular weight is 389 g/mol. The first-order valence-electron chi connectivity index (χ1n) is 8.83. The molecule has 0 N–H and O–H groups in total. The van der Waals surface area contributed by atoms with E-state index in [1.54, 1.807) is 36.3 Å². The number of piperazine rings is 1. The molecule has 0 saturated carbocycles. The van der Waals surface area contributed by atoms with E-state index in [0.717, 1.165) is 11.3 Å². The maximum atomic E-state index is 13.9. The first-order valence-corrected chi connectivity index (χ1v) is 9.21. The molecular weight excluding hydrogens is 367 g/mol. The Hall–Kier alpha value is -2.37. The molecule has 6 heteroatoms. The molecule has 1 heterocycles. The van der Waals surface area contributed by atoms with Gasteiger partial charge in [-0.15, -0.1) is 0 Å². The highest BCUT2D eigenvalue weighted by molar-refractivity contribution is 6.31. The molecule has 3 rings (SSSR count). The van der Waals surface area contributed by atoms with Crippen molar-refractivity contribution in [3.8, 4) is 5.75 Å². The monoisotopic (exact) mass is 388 g/mol. The van der Waals surface area contributed by atoms with Gasteiger partial charge in [0, 0.05) is 49.4 Å². The van der Waals surface area contributed by atoms with E-state index < -0.39 is 0 Å². The molecule has 0 aliphatic carbocycles. The highest BCUT2D eigenvalue weighted by Gasteiger charge is 2.21. The van der Waals surface area contributed by atoms with Crippen LogP contribution in [0.4, 0.5) is 4.39 Å². The van der Waals surface area contributed by atoms with Crippen LogP contribution >= 0.6 is 11.6 Å². The molecule has 142 valence electrons. The molecule has 1 saturated heterocycles. The Morgan fingerprint density at radius 1 is 1.15 bits per heavy atom. The molecule has 0 aromatic heterocycles. The maximum Gasteiger partial charge on any atom is 0.246 e. The molecule has 2 aromatic carbocycles. The Labute approximate surface area is 163 Å². The SMILES string of the molecule is COc1ccc(/C=C/C(=O)N2CCN(Cc3c(F)cccc3Cl)CC2)cc1. The van der Waals surface area contributed by atoms with Crippen molar-refractivity contribution >= 4 is 23.6 Å². The van der Waals surface area contributed by atoms with Crippen LogP contribution in [0.25, 0.3) is 6.08 Å². The molecule has 27 heavy (non-hydrogen) atoms. The summed E-state index contributed by atoms with van der Waals surface area (Å²) >= 11 is 6.10. The summed E-state index contributed by atoms with van der Waals surface area (Å²) in [5.74, 6) is 0.474. The maximum absolute atomic E-state index is 13.9. The summed E-state index contributed by atoms with van der Waals surface area (Å²) < 4.78 is 19.0. The van der Waals surface area contributed by atoms with Gasteiger partial charge in [-0.2, -0.15) is 0 Å². The molecular formula is C21H22ClFN2O2. The molecule has 4 nitrogen and oxygen atoms in total. The Balaban J connectivity index is 1.52. The number of carbonyl (C=O) groups excluding carboxylic acids is 1. The topological polar surface area (TPSA) is 32.8 Å². The standard InChI is InChI=1S/C21H22ClFN2O2/c1-27-17-8-5-16(6-9-17)7-10-21(26)25-13-11-24(12-14-25)15-18-19(22)3-2-4-20(18)23/h2-10H,11-15H2,1H3/b10-7+. The van der Waals surface area contributed by atoms with Gasteiger partial charge in [0.25, 0.3) is 0 Å². The summed E-state index contributed by atoms with van der Waals surface area (Å²) in [5.41, 5.74) is 1.45. The van der Waals surface area contributed by atoms with Crippen molar-refractivity contribution in [2.45, 2.75) is 6.54 Å². The van der Waals surface area contributed by atoms with Gasteiger partial charge >= 0.3 is 0 Å². The summed E-state index contributed by atoms with van der Waals surface area (Å²) in [6.07, 6.45) is 3.39. The lowest BCUT2D eigenvalue weighted by molar-refractivity contribution is -0.127. The second kappa shape index (κ2) is 9.02. The fourth-order valence-electron chi connectivity index (χ4n) is 3.02. The fraction of sp³-hybridized carbons (Fsp3) is 0.286. The lowest BCUT2D eigenvalue weighted by Gasteiger charge is -2.34. The van der Waals surface area contributed by atoms with Crippen LogP contribution in [0.3, 0.4) is 0 Å². The van der Waals surface area contributed by atoms with Crippen molar-refractivity contribution in [2.24, 2.45) is 0 Å². The molecule has 0 bridgehead atoms. The van der Waals surface area contributed by atoms with Crippen LogP contribution in [0.1, 0.15) is 11.1 Å². The van der Waals surface area contributed by atoms with Crippen molar-refractivity contribution in [3.05, 3.63) is 70.5 Å². The Morgan fingerprint density at radius 2 is 1.85 bits per heavy atom. The van der Waals surface area contributed by atoms with Crippen LogP contribution in [-0.2, 0) is 11.3 Å². The van der Waals surface area contributed by atoms with Crippen LogP contribution in [0.5, 0.6) is 5.75 Å². The molecule has 1 amide bonds. The second-order valence-corrected chi connectivity index (χ2v) is 6.82. The van der Waals surface area contributed by atoms with Gasteiger partial charge in [-0.05, 0) is 35.9 Å². The summed E-state index contributed by atoms with van der Waals surface area (Å²) in [7, 11) is 1.62. The fourth-order valence-corrected chi connectivity index (χ4v) is 3.24. The van der Waals surface area contributed by atoms with Crippen molar-refractivity contribution in [1.82, 2.24) is 9.80 Å². The van der Waals surface area contributed by atoms with E-state index in [4.69, 9.17) is 16.3 Å². The third-order valence-corrected chi connectivity index (χ3v) is 5.02. The molecule has 0 radical (unpaired) electrons. The third-order valence-electron chi connectivity index (χ3n) is 4.66. The molecule has 0 atom stereocenters. The van der Waals surface area contributed by atoms with Gasteiger partial charge in [-0.1, -0.05) is 29.8 Å². The zero-order valence-corrected chi connectivity index (χ0v) is 16.0. The summed E-state index contributed by atoms with van der Waals surface area (Å²) in [5, 5.41) is 0.441. The normalized spacial score (nSPS) is 15.3. The number of ether oxygens (including phenoxy) is 1. The third kappa shape index (κ3) is 5.08. The Bertz CT molecular complexity index is 795. The zero-order chi connectivity index (χ0) is 19.2. The van der Waals surface area contributed by atoms with Gasteiger partial charge in [0.1, 0.15) is 11.6 Å². The first kappa shape index (κ1) is 19.4. The number of hydrogen-bond acceptors (Lipinski definition) is 3. The van der Waals surface area contributed by atoms with Gasteiger partial charge in [0.05, 0.1) is 7.11 Å². The van der Waals surface area contributed by atoms with Crippen LogP contribution in [0.2, 0.25) is 5.02 Å². The highest BCUT2D eigenvalue weighted by atomic mass is 35.5. The highest BCUT2D eigenvalue weighted by Crippen LogP contribution is 2.21. The van der Waals surface area contributed by atoms with Crippen molar-refractivity contribution in [1.29, 1.82) is 0 Å². The number of halogens is 2. The minimum absolute atomic E-state index is 0.0191. The van der Waals surface area contributed by atoms with Crippen LogP contribution in [0.15, 0.2) is 48.5 Å². The van der Waals surface area contributed by atoms with Gasteiger partial charge in [-0.25, -0.2) is 4.39 Å². The Kier molecular flexibility index (Phi) is 6.48. The molecule has 1 aliphatic rings. The number of methoxy groups -OCH3 is 1. The number of nitrogens with zero attached hydrogens (tertiary/aromatic N) is 2. The van der Waals surface area contributed by atoms with Gasteiger partial charge in [0.15, 0.2) is 0 Å². The smallest absolute Gasteiger partial charge is 0.246 e. The van der Waals surface area contributed by atoms with E-state index in [1.807, 2.05) is 24.3 Å². The van der Waals surface area contributed by atoms with Crippen molar-refractivity contribution in [2.75, 3.05) is 33.3 Å². The number of carbonyl (C=O) groups is 1. The van der Waals surface area contributed by atoms with E-state index in [0.29, 0.717) is 43.3 Å². The zero-order valence-electron chi connectivity index (χ0n) is 15.2. The van der Waals surface area contributed by atoms with Gasteiger partial charge in [0.2, 0.25) is 5.91 Å². The van der Waals surface area contributed by atoms with E-state index >= 15 is 0 Å². The van der Waals surface area contributed by atoms with E-state index in [9.17, 15) is 9.18 Å².